The Bertz CT molecular complexity index is 413. The highest BCUT2D eigenvalue weighted by Gasteiger charge is 2.12. The summed E-state index contributed by atoms with van der Waals surface area (Å²) in [6.45, 7) is 6.83. The van der Waals surface area contributed by atoms with Gasteiger partial charge in [-0.2, -0.15) is 0 Å². The lowest BCUT2D eigenvalue weighted by Crippen LogP contribution is -2.41. The lowest BCUT2D eigenvalue weighted by Gasteiger charge is -2.18. The molecule has 1 rings (SSSR count). The summed E-state index contributed by atoms with van der Waals surface area (Å²) < 4.78 is 0. The van der Waals surface area contributed by atoms with Crippen LogP contribution in [0.2, 0.25) is 0 Å². The first-order valence-electron chi connectivity index (χ1n) is 6.70. The summed E-state index contributed by atoms with van der Waals surface area (Å²) in [4.78, 5) is 13.0. The Labute approximate surface area is 132 Å². The maximum absolute atomic E-state index is 11.9. The average Bonchev–Trinajstić information content (AvgIpc) is 2.36. The molecule has 0 aliphatic carbocycles. The van der Waals surface area contributed by atoms with Crippen molar-refractivity contribution in [3.05, 3.63) is 29.8 Å². The Morgan fingerprint density at radius 1 is 1.35 bits per heavy atom. The zero-order valence-electron chi connectivity index (χ0n) is 12.4. The van der Waals surface area contributed by atoms with Crippen molar-refractivity contribution in [3.63, 3.8) is 0 Å². The molecule has 0 heterocycles. The van der Waals surface area contributed by atoms with E-state index in [9.17, 15) is 4.79 Å². The van der Waals surface area contributed by atoms with Crippen molar-refractivity contribution < 1.29 is 4.79 Å². The van der Waals surface area contributed by atoms with E-state index in [1.807, 2.05) is 18.2 Å². The van der Waals surface area contributed by atoms with Gasteiger partial charge >= 0.3 is 0 Å². The molecule has 0 aliphatic rings. The SMILES string of the molecule is Cc1ccccc1SCC(=O)NC(CN)CC(C)C.Cl. The number of nitrogens with one attached hydrogen (secondary N) is 1. The number of rotatable bonds is 7. The molecule has 0 saturated carbocycles. The molecule has 0 radical (unpaired) electrons. The first kappa shape index (κ1) is 19.3. The summed E-state index contributed by atoms with van der Waals surface area (Å²) in [6, 6.07) is 8.19. The van der Waals surface area contributed by atoms with E-state index in [1.165, 1.54) is 5.56 Å². The molecule has 0 aliphatic heterocycles. The number of hydrogen-bond donors (Lipinski definition) is 2. The minimum Gasteiger partial charge on any atom is -0.351 e. The second-order valence-corrected chi connectivity index (χ2v) is 6.20. The van der Waals surface area contributed by atoms with Crippen LogP contribution in [0.1, 0.15) is 25.8 Å². The van der Waals surface area contributed by atoms with Gasteiger partial charge in [0.1, 0.15) is 0 Å². The lowest BCUT2D eigenvalue weighted by atomic mass is 10.0. The minimum atomic E-state index is 0. The molecular weight excluding hydrogens is 292 g/mol. The molecule has 1 aromatic carbocycles. The van der Waals surface area contributed by atoms with Crippen LogP contribution < -0.4 is 11.1 Å². The highest BCUT2D eigenvalue weighted by molar-refractivity contribution is 8.00. The van der Waals surface area contributed by atoms with Crippen LogP contribution in [0, 0.1) is 12.8 Å². The normalized spacial score (nSPS) is 11.8. The molecule has 0 fully saturated rings. The molecule has 114 valence electrons. The zero-order valence-corrected chi connectivity index (χ0v) is 14.0. The number of benzene rings is 1. The summed E-state index contributed by atoms with van der Waals surface area (Å²) in [6.07, 6.45) is 0.928. The third kappa shape index (κ3) is 7.17. The fraction of sp³-hybridized carbons (Fsp3) is 0.533. The topological polar surface area (TPSA) is 55.1 Å². The molecule has 1 amide bonds. The summed E-state index contributed by atoms with van der Waals surface area (Å²) >= 11 is 1.57. The monoisotopic (exact) mass is 316 g/mol. The predicted molar refractivity (Wildman–Crippen MR) is 89.6 cm³/mol. The Hall–Kier alpha value is -0.710. The first-order valence-corrected chi connectivity index (χ1v) is 7.69. The van der Waals surface area contributed by atoms with Gasteiger partial charge < -0.3 is 11.1 Å². The van der Waals surface area contributed by atoms with E-state index in [0.717, 1.165) is 11.3 Å². The van der Waals surface area contributed by atoms with E-state index in [0.29, 0.717) is 18.2 Å². The number of nitrogens with two attached hydrogens (primary N) is 1. The molecule has 0 bridgehead atoms. The third-order valence-electron chi connectivity index (χ3n) is 2.86. The number of hydrogen-bond acceptors (Lipinski definition) is 3. The second-order valence-electron chi connectivity index (χ2n) is 5.18. The van der Waals surface area contributed by atoms with Crippen molar-refractivity contribution in [1.82, 2.24) is 5.32 Å². The fourth-order valence-electron chi connectivity index (χ4n) is 1.91. The van der Waals surface area contributed by atoms with Gasteiger partial charge in [-0.3, -0.25) is 4.79 Å². The van der Waals surface area contributed by atoms with Gasteiger partial charge in [0.25, 0.3) is 0 Å². The fourth-order valence-corrected chi connectivity index (χ4v) is 2.75. The number of carbonyl (C=O) groups excluding carboxylic acids is 1. The van der Waals surface area contributed by atoms with Gasteiger partial charge in [-0.1, -0.05) is 32.0 Å². The molecule has 3 nitrogen and oxygen atoms in total. The molecule has 3 N–H and O–H groups in total. The van der Waals surface area contributed by atoms with Gasteiger partial charge in [-0.05, 0) is 30.9 Å². The van der Waals surface area contributed by atoms with Crippen LogP contribution in [-0.4, -0.2) is 24.2 Å². The van der Waals surface area contributed by atoms with Crippen LogP contribution in [0.25, 0.3) is 0 Å². The second kappa shape index (κ2) is 10.1. The maximum atomic E-state index is 11.9. The molecule has 20 heavy (non-hydrogen) atoms. The van der Waals surface area contributed by atoms with Gasteiger partial charge in [-0.15, -0.1) is 24.2 Å². The van der Waals surface area contributed by atoms with Crippen molar-refractivity contribution in [2.45, 2.75) is 38.1 Å². The Morgan fingerprint density at radius 2 is 2.00 bits per heavy atom. The van der Waals surface area contributed by atoms with E-state index in [-0.39, 0.29) is 24.4 Å². The van der Waals surface area contributed by atoms with Crippen molar-refractivity contribution in [2.24, 2.45) is 11.7 Å². The predicted octanol–water partition coefficient (Wildman–Crippen LogP) is 3.00. The van der Waals surface area contributed by atoms with E-state index in [2.05, 4.69) is 32.2 Å². The van der Waals surface area contributed by atoms with Gasteiger partial charge in [0, 0.05) is 17.5 Å². The van der Waals surface area contributed by atoms with E-state index < -0.39 is 0 Å². The van der Waals surface area contributed by atoms with Crippen molar-refractivity contribution >= 4 is 30.1 Å². The third-order valence-corrected chi connectivity index (χ3v) is 4.03. The van der Waals surface area contributed by atoms with Gasteiger partial charge in [0.2, 0.25) is 5.91 Å². The van der Waals surface area contributed by atoms with E-state index in [1.54, 1.807) is 11.8 Å². The average molecular weight is 317 g/mol. The molecule has 0 spiro atoms. The van der Waals surface area contributed by atoms with Gasteiger partial charge in [-0.25, -0.2) is 0 Å². The van der Waals surface area contributed by atoms with Crippen molar-refractivity contribution in [1.29, 1.82) is 0 Å². The Balaban J connectivity index is 0.00000361. The molecule has 0 saturated heterocycles. The molecule has 1 atom stereocenters. The standard InChI is InChI=1S/C15H24N2OS.ClH/c1-11(2)8-13(9-16)17-15(18)10-19-14-7-5-4-6-12(14)3;/h4-7,11,13H,8-10,16H2,1-3H3,(H,17,18);1H. The lowest BCUT2D eigenvalue weighted by molar-refractivity contribution is -0.119. The number of aryl methyl sites for hydroxylation is 1. The van der Waals surface area contributed by atoms with E-state index >= 15 is 0 Å². The molecule has 5 heteroatoms. The molecule has 0 aromatic heterocycles. The van der Waals surface area contributed by atoms with Crippen molar-refractivity contribution in [3.8, 4) is 0 Å². The van der Waals surface area contributed by atoms with Crippen LogP contribution >= 0.6 is 24.2 Å². The van der Waals surface area contributed by atoms with Crippen LogP contribution in [0.15, 0.2) is 29.2 Å². The van der Waals surface area contributed by atoms with Crippen LogP contribution in [0.4, 0.5) is 0 Å². The van der Waals surface area contributed by atoms with Crippen molar-refractivity contribution in [2.75, 3.05) is 12.3 Å². The van der Waals surface area contributed by atoms with Gasteiger partial charge in [0.15, 0.2) is 0 Å². The molecule has 1 aromatic rings. The smallest absolute Gasteiger partial charge is 0.230 e. The first-order chi connectivity index (χ1) is 9.02. The highest BCUT2D eigenvalue weighted by atomic mass is 35.5. The Morgan fingerprint density at radius 3 is 2.55 bits per heavy atom. The largest absolute Gasteiger partial charge is 0.351 e. The summed E-state index contributed by atoms with van der Waals surface area (Å²) in [5, 5.41) is 3.00. The highest BCUT2D eigenvalue weighted by Crippen LogP contribution is 2.21. The number of carbonyl (C=O) groups is 1. The van der Waals surface area contributed by atoms with Crippen LogP contribution in [0.3, 0.4) is 0 Å². The Kier molecular flexibility index (Phi) is 9.72. The van der Waals surface area contributed by atoms with Crippen LogP contribution in [0.5, 0.6) is 0 Å². The summed E-state index contributed by atoms with van der Waals surface area (Å²) in [5.41, 5.74) is 6.89. The minimum absolute atomic E-state index is 0. The molecular formula is C15H25ClN2OS. The summed E-state index contributed by atoms with van der Waals surface area (Å²) in [5.74, 6) is 1.04. The quantitative estimate of drug-likeness (QED) is 0.760. The number of amides is 1. The van der Waals surface area contributed by atoms with E-state index in [4.69, 9.17) is 5.73 Å². The molecule has 1 unspecified atom stereocenters. The maximum Gasteiger partial charge on any atom is 0.230 e. The van der Waals surface area contributed by atoms with Crippen LogP contribution in [-0.2, 0) is 4.79 Å². The number of thioether (sulfide) groups is 1. The number of halogens is 1. The summed E-state index contributed by atoms with van der Waals surface area (Å²) in [7, 11) is 0. The van der Waals surface area contributed by atoms with Gasteiger partial charge in [0.05, 0.1) is 5.75 Å². The zero-order chi connectivity index (χ0) is 14.3.